The summed E-state index contributed by atoms with van der Waals surface area (Å²) in [5.41, 5.74) is -6.40. The highest BCUT2D eigenvalue weighted by molar-refractivity contribution is 5.76. The van der Waals surface area contributed by atoms with E-state index in [2.05, 4.69) is 13.8 Å². The number of ether oxygens (including phenoxy) is 1. The fourth-order valence-electron chi connectivity index (χ4n) is 4.66. The first-order valence-corrected chi connectivity index (χ1v) is 8.95. The number of aliphatic hydroxyl groups is 1. The first kappa shape index (κ1) is 21.0. The molecule has 5 unspecified atom stereocenters. The van der Waals surface area contributed by atoms with Crippen LogP contribution < -0.4 is 4.74 Å². The minimum absolute atomic E-state index is 0.163. The molecule has 0 aliphatic heterocycles. The molecular formula is C19H20F6O3. The van der Waals surface area contributed by atoms with Crippen LogP contribution in [0.4, 0.5) is 26.3 Å². The summed E-state index contributed by atoms with van der Waals surface area (Å²) >= 11 is 0. The second kappa shape index (κ2) is 6.64. The largest absolute Gasteiger partial charge is 0.430 e. The molecule has 0 aromatic heterocycles. The number of benzene rings is 1. The third kappa shape index (κ3) is 3.17. The van der Waals surface area contributed by atoms with Crippen LogP contribution in [0, 0.1) is 29.6 Å². The average molecular weight is 410 g/mol. The van der Waals surface area contributed by atoms with Crippen LogP contribution in [-0.2, 0) is 10.4 Å². The Hall–Kier alpha value is -1.77. The van der Waals surface area contributed by atoms with Crippen molar-refractivity contribution in [2.24, 2.45) is 29.6 Å². The van der Waals surface area contributed by atoms with Crippen LogP contribution in [0.15, 0.2) is 24.3 Å². The van der Waals surface area contributed by atoms with E-state index in [-0.39, 0.29) is 17.6 Å². The zero-order valence-electron chi connectivity index (χ0n) is 15.1. The van der Waals surface area contributed by atoms with Gasteiger partial charge in [-0.25, -0.2) is 0 Å². The minimum Gasteiger partial charge on any atom is -0.426 e. The summed E-state index contributed by atoms with van der Waals surface area (Å²) in [5, 5.41) is 9.37. The van der Waals surface area contributed by atoms with E-state index in [0.29, 0.717) is 36.3 Å². The third-order valence-electron chi connectivity index (χ3n) is 6.51. The molecule has 2 aliphatic carbocycles. The summed E-state index contributed by atoms with van der Waals surface area (Å²) in [7, 11) is 0. The van der Waals surface area contributed by atoms with Crippen molar-refractivity contribution in [2.75, 3.05) is 0 Å². The lowest BCUT2D eigenvalue weighted by Crippen LogP contribution is -2.53. The Labute approximate surface area is 157 Å². The van der Waals surface area contributed by atoms with Crippen molar-refractivity contribution in [1.82, 2.24) is 0 Å². The Morgan fingerprint density at radius 2 is 1.50 bits per heavy atom. The van der Waals surface area contributed by atoms with Crippen LogP contribution in [0.5, 0.6) is 5.75 Å². The molecule has 156 valence electrons. The molecular weight excluding hydrogens is 390 g/mol. The van der Waals surface area contributed by atoms with Gasteiger partial charge in [-0.2, -0.15) is 26.3 Å². The second-order valence-corrected chi connectivity index (χ2v) is 7.87. The monoisotopic (exact) mass is 410 g/mol. The van der Waals surface area contributed by atoms with Crippen molar-refractivity contribution >= 4 is 5.97 Å². The number of hydrogen-bond donors (Lipinski definition) is 1. The fourth-order valence-corrected chi connectivity index (χ4v) is 4.66. The van der Waals surface area contributed by atoms with Crippen molar-refractivity contribution in [2.45, 2.75) is 44.6 Å². The highest BCUT2D eigenvalue weighted by Crippen LogP contribution is 2.55. The van der Waals surface area contributed by atoms with E-state index in [1.54, 1.807) is 0 Å². The Bertz CT molecular complexity index is 724. The number of carbonyl (C=O) groups is 1. The predicted octanol–water partition coefficient (Wildman–Crippen LogP) is 4.83. The maximum atomic E-state index is 12.9. The summed E-state index contributed by atoms with van der Waals surface area (Å²) in [6.45, 7) is 4.21. The van der Waals surface area contributed by atoms with E-state index in [1.165, 1.54) is 0 Å². The zero-order chi connectivity index (χ0) is 21.1. The van der Waals surface area contributed by atoms with Crippen molar-refractivity contribution in [3.05, 3.63) is 29.8 Å². The van der Waals surface area contributed by atoms with Crippen molar-refractivity contribution in [3.63, 3.8) is 0 Å². The lowest BCUT2D eigenvalue weighted by molar-refractivity contribution is -0.376. The lowest BCUT2D eigenvalue weighted by atomic mass is 9.76. The quantitative estimate of drug-likeness (QED) is 0.441. The van der Waals surface area contributed by atoms with Gasteiger partial charge < -0.3 is 9.84 Å². The smallest absolute Gasteiger partial charge is 0.426 e. The first-order chi connectivity index (χ1) is 12.8. The molecule has 3 rings (SSSR count). The van der Waals surface area contributed by atoms with Gasteiger partial charge in [0, 0.05) is 5.56 Å². The van der Waals surface area contributed by atoms with Gasteiger partial charge in [0.1, 0.15) is 5.75 Å². The number of esters is 1. The van der Waals surface area contributed by atoms with Gasteiger partial charge in [-0.05, 0) is 48.6 Å². The minimum atomic E-state index is -5.96. The molecule has 3 nitrogen and oxygen atoms in total. The first-order valence-electron chi connectivity index (χ1n) is 8.95. The summed E-state index contributed by atoms with van der Waals surface area (Å²) in [6, 6.07) is 2.59. The predicted molar refractivity (Wildman–Crippen MR) is 86.1 cm³/mol. The molecule has 0 spiro atoms. The van der Waals surface area contributed by atoms with Gasteiger partial charge in [-0.3, -0.25) is 4.79 Å². The average Bonchev–Trinajstić information content (AvgIpc) is 3.13. The Morgan fingerprint density at radius 3 is 1.93 bits per heavy atom. The highest BCUT2D eigenvalue weighted by atomic mass is 19.4. The molecule has 2 saturated carbocycles. The topological polar surface area (TPSA) is 46.5 Å². The van der Waals surface area contributed by atoms with Crippen molar-refractivity contribution in [3.8, 4) is 5.75 Å². The number of fused-ring (bicyclic) bond motifs is 2. The van der Waals surface area contributed by atoms with Crippen LogP contribution in [0.25, 0.3) is 0 Å². The molecule has 2 fully saturated rings. The van der Waals surface area contributed by atoms with E-state index in [0.717, 1.165) is 18.6 Å². The fraction of sp³-hybridized carbons (Fsp3) is 0.632. The number of alkyl halides is 6. The number of rotatable bonds is 3. The molecule has 2 bridgehead atoms. The van der Waals surface area contributed by atoms with Gasteiger partial charge in [0.2, 0.25) is 0 Å². The number of hydrogen-bond acceptors (Lipinski definition) is 3. The molecule has 0 radical (unpaired) electrons. The van der Waals surface area contributed by atoms with Crippen LogP contribution in [0.3, 0.4) is 0 Å². The van der Waals surface area contributed by atoms with E-state index in [9.17, 15) is 36.2 Å². The molecule has 28 heavy (non-hydrogen) atoms. The van der Waals surface area contributed by atoms with E-state index in [4.69, 9.17) is 4.74 Å². The van der Waals surface area contributed by atoms with Crippen LogP contribution in [0.2, 0.25) is 0 Å². The maximum Gasteiger partial charge on any atom is 0.430 e. The summed E-state index contributed by atoms with van der Waals surface area (Å²) in [4.78, 5) is 12.4. The van der Waals surface area contributed by atoms with Gasteiger partial charge in [0.05, 0.1) is 5.92 Å². The maximum absolute atomic E-state index is 12.9. The Balaban J connectivity index is 1.76. The number of carbonyl (C=O) groups excluding carboxylic acids is 1. The van der Waals surface area contributed by atoms with Gasteiger partial charge in [0.15, 0.2) is 0 Å². The standard InChI is InChI=1S/C19H20F6O3/c1-9-10(2)14-7-11(9)8-15(14)16(26)28-13-5-3-12(4-6-13)17(27,18(20,21)22)19(23,24)25/h3-6,9-11,14-15,27H,7-8H2,1-2H3. The number of halogens is 6. The van der Waals surface area contributed by atoms with Crippen LogP contribution in [0.1, 0.15) is 32.3 Å². The van der Waals surface area contributed by atoms with Gasteiger partial charge in [-0.1, -0.05) is 26.0 Å². The Kier molecular flexibility index (Phi) is 4.97. The summed E-state index contributed by atoms with van der Waals surface area (Å²) in [6.07, 6.45) is -10.3. The molecule has 0 heterocycles. The Morgan fingerprint density at radius 1 is 0.964 bits per heavy atom. The van der Waals surface area contributed by atoms with Gasteiger partial charge >= 0.3 is 18.3 Å². The molecule has 0 amide bonds. The SMILES string of the molecule is CC1C2CC(C(=O)Oc3ccc(C(O)(C(F)(F)F)C(F)(F)F)cc3)C(C2)C1C. The highest BCUT2D eigenvalue weighted by Gasteiger charge is 2.71. The molecule has 9 heteroatoms. The van der Waals surface area contributed by atoms with E-state index < -0.39 is 29.5 Å². The van der Waals surface area contributed by atoms with Crippen LogP contribution >= 0.6 is 0 Å². The van der Waals surface area contributed by atoms with Gasteiger partial charge in [0.25, 0.3) is 5.60 Å². The summed E-state index contributed by atoms with van der Waals surface area (Å²) < 4.78 is 82.6. The van der Waals surface area contributed by atoms with Gasteiger partial charge in [-0.15, -0.1) is 0 Å². The van der Waals surface area contributed by atoms with E-state index in [1.807, 2.05) is 0 Å². The van der Waals surface area contributed by atoms with E-state index >= 15 is 0 Å². The molecule has 1 aromatic rings. The van der Waals surface area contributed by atoms with Crippen molar-refractivity contribution < 1.29 is 41.0 Å². The summed E-state index contributed by atoms with van der Waals surface area (Å²) in [5.74, 6) is 0.451. The lowest BCUT2D eigenvalue weighted by Gasteiger charge is -2.32. The molecule has 1 aromatic carbocycles. The zero-order valence-corrected chi connectivity index (χ0v) is 15.1. The third-order valence-corrected chi connectivity index (χ3v) is 6.51. The van der Waals surface area contributed by atoms with Crippen LogP contribution in [-0.4, -0.2) is 23.4 Å². The van der Waals surface area contributed by atoms with Crippen molar-refractivity contribution in [1.29, 1.82) is 0 Å². The molecule has 2 aliphatic rings. The molecule has 0 saturated heterocycles. The molecule has 5 atom stereocenters. The second-order valence-electron chi connectivity index (χ2n) is 7.87. The molecule has 1 N–H and O–H groups in total. The normalized spacial score (nSPS) is 30.5.